The van der Waals surface area contributed by atoms with Gasteiger partial charge in [-0.15, -0.1) is 0 Å². The van der Waals surface area contributed by atoms with Crippen LogP contribution < -0.4 is 5.32 Å². The Morgan fingerprint density at radius 2 is 2.12 bits per heavy atom. The predicted molar refractivity (Wildman–Crippen MR) is 62.5 cm³/mol. The van der Waals surface area contributed by atoms with Crippen LogP contribution in [0.2, 0.25) is 0 Å². The van der Waals surface area contributed by atoms with Gasteiger partial charge >= 0.3 is 5.97 Å². The van der Waals surface area contributed by atoms with Crippen LogP contribution in [0.5, 0.6) is 0 Å². The fraction of sp³-hybridized carbons (Fsp3) is 0.917. The van der Waals surface area contributed by atoms with Gasteiger partial charge in [0.1, 0.15) is 0 Å². The minimum absolute atomic E-state index is 0.00333. The maximum Gasteiger partial charge on any atom is 0.307 e. The summed E-state index contributed by atoms with van der Waals surface area (Å²) in [7, 11) is 0. The normalized spacial score (nSPS) is 28.4. The molecule has 0 bridgehead atoms. The monoisotopic (exact) mass is 229 g/mol. The number of hydrogen-bond donors (Lipinski definition) is 2. The number of carbonyl (C=O) groups is 1. The average Bonchev–Trinajstić information content (AvgIpc) is 2.14. The number of nitrogens with one attached hydrogen (secondary N) is 1. The number of hydrogen-bond acceptors (Lipinski definition) is 3. The van der Waals surface area contributed by atoms with Gasteiger partial charge in [0.15, 0.2) is 0 Å². The van der Waals surface area contributed by atoms with E-state index in [1.54, 1.807) is 6.92 Å². The highest BCUT2D eigenvalue weighted by Gasteiger charge is 2.30. The first-order valence-corrected chi connectivity index (χ1v) is 5.94. The van der Waals surface area contributed by atoms with Gasteiger partial charge in [-0.1, -0.05) is 6.92 Å². The van der Waals surface area contributed by atoms with Crippen molar-refractivity contribution in [3.05, 3.63) is 0 Å². The molecular formula is C12H23NO3. The molecule has 3 unspecified atom stereocenters. The molecule has 2 N–H and O–H groups in total. The van der Waals surface area contributed by atoms with E-state index in [-0.39, 0.29) is 17.6 Å². The van der Waals surface area contributed by atoms with Crippen molar-refractivity contribution in [3.8, 4) is 0 Å². The smallest absolute Gasteiger partial charge is 0.307 e. The second kappa shape index (κ2) is 5.15. The Kier molecular flexibility index (Phi) is 4.33. The Bertz CT molecular complexity index is 253. The van der Waals surface area contributed by atoms with Crippen LogP contribution in [-0.2, 0) is 9.53 Å². The SMILES string of the molecule is CC(NC1CCOC(C)(C)C1)C(C)C(=O)O. The maximum absolute atomic E-state index is 10.8. The summed E-state index contributed by atoms with van der Waals surface area (Å²) in [5, 5.41) is 12.3. The maximum atomic E-state index is 10.8. The number of aliphatic carboxylic acids is 1. The highest BCUT2D eigenvalue weighted by molar-refractivity contribution is 5.70. The fourth-order valence-electron chi connectivity index (χ4n) is 2.10. The fourth-order valence-corrected chi connectivity index (χ4v) is 2.10. The van der Waals surface area contributed by atoms with Gasteiger partial charge in [0, 0.05) is 18.7 Å². The summed E-state index contributed by atoms with van der Waals surface area (Å²) in [6.07, 6.45) is 1.89. The molecule has 1 heterocycles. The van der Waals surface area contributed by atoms with Crippen molar-refractivity contribution in [3.63, 3.8) is 0 Å². The van der Waals surface area contributed by atoms with Crippen LogP contribution in [0.3, 0.4) is 0 Å². The summed E-state index contributed by atoms with van der Waals surface area (Å²) in [5.74, 6) is -1.10. The van der Waals surface area contributed by atoms with Crippen molar-refractivity contribution in [2.45, 2.75) is 58.2 Å². The molecule has 0 aromatic rings. The number of carboxylic acid groups (broad SMARTS) is 1. The highest BCUT2D eigenvalue weighted by Crippen LogP contribution is 2.24. The molecule has 0 aromatic heterocycles. The molecular weight excluding hydrogens is 206 g/mol. The van der Waals surface area contributed by atoms with Crippen molar-refractivity contribution in [1.29, 1.82) is 0 Å². The molecule has 0 aromatic carbocycles. The number of ether oxygens (including phenoxy) is 1. The average molecular weight is 229 g/mol. The number of carboxylic acids is 1. The van der Waals surface area contributed by atoms with Crippen molar-refractivity contribution in [2.24, 2.45) is 5.92 Å². The van der Waals surface area contributed by atoms with E-state index in [4.69, 9.17) is 9.84 Å². The molecule has 1 fully saturated rings. The molecule has 94 valence electrons. The summed E-state index contributed by atoms with van der Waals surface area (Å²) < 4.78 is 5.63. The van der Waals surface area contributed by atoms with E-state index in [1.165, 1.54) is 0 Å². The Morgan fingerprint density at radius 3 is 2.62 bits per heavy atom. The van der Waals surface area contributed by atoms with E-state index in [2.05, 4.69) is 19.2 Å². The van der Waals surface area contributed by atoms with Crippen LogP contribution in [-0.4, -0.2) is 35.4 Å². The summed E-state index contributed by atoms with van der Waals surface area (Å²) >= 11 is 0. The zero-order valence-electron chi connectivity index (χ0n) is 10.6. The third kappa shape index (κ3) is 3.76. The van der Waals surface area contributed by atoms with Gasteiger partial charge in [0.2, 0.25) is 0 Å². The molecule has 0 amide bonds. The van der Waals surface area contributed by atoms with Crippen LogP contribution in [0.25, 0.3) is 0 Å². The molecule has 0 saturated carbocycles. The van der Waals surface area contributed by atoms with Gasteiger partial charge < -0.3 is 15.2 Å². The molecule has 1 rings (SSSR count). The highest BCUT2D eigenvalue weighted by atomic mass is 16.5. The molecule has 1 aliphatic rings. The molecule has 4 heteroatoms. The van der Waals surface area contributed by atoms with Crippen LogP contribution in [0.1, 0.15) is 40.5 Å². The van der Waals surface area contributed by atoms with Gasteiger partial charge in [0.05, 0.1) is 11.5 Å². The van der Waals surface area contributed by atoms with E-state index in [0.29, 0.717) is 6.04 Å². The minimum Gasteiger partial charge on any atom is -0.481 e. The van der Waals surface area contributed by atoms with Crippen LogP contribution in [0.15, 0.2) is 0 Å². The zero-order chi connectivity index (χ0) is 12.3. The standard InChI is InChI=1S/C12H23NO3/c1-8(11(14)15)9(2)13-10-5-6-16-12(3,4)7-10/h8-10,13H,5-7H2,1-4H3,(H,14,15). The molecule has 0 spiro atoms. The van der Waals surface area contributed by atoms with Gasteiger partial charge in [-0.25, -0.2) is 0 Å². The van der Waals surface area contributed by atoms with Crippen molar-refractivity contribution in [2.75, 3.05) is 6.61 Å². The Hall–Kier alpha value is -0.610. The third-order valence-corrected chi connectivity index (χ3v) is 3.34. The van der Waals surface area contributed by atoms with Gasteiger partial charge in [-0.2, -0.15) is 0 Å². The second-order valence-electron chi connectivity index (χ2n) is 5.38. The van der Waals surface area contributed by atoms with E-state index in [9.17, 15) is 4.79 Å². The predicted octanol–water partition coefficient (Wildman–Crippen LogP) is 1.64. The first-order chi connectivity index (χ1) is 7.32. The summed E-state index contributed by atoms with van der Waals surface area (Å²) in [4.78, 5) is 10.8. The Morgan fingerprint density at radius 1 is 1.50 bits per heavy atom. The first kappa shape index (κ1) is 13.5. The van der Waals surface area contributed by atoms with Gasteiger partial charge in [0.25, 0.3) is 0 Å². The van der Waals surface area contributed by atoms with Crippen LogP contribution in [0, 0.1) is 5.92 Å². The number of rotatable bonds is 4. The zero-order valence-corrected chi connectivity index (χ0v) is 10.6. The van der Waals surface area contributed by atoms with E-state index in [1.807, 2.05) is 6.92 Å². The van der Waals surface area contributed by atoms with Crippen LogP contribution in [0.4, 0.5) is 0 Å². The minimum atomic E-state index is -0.744. The van der Waals surface area contributed by atoms with Crippen molar-refractivity contribution in [1.82, 2.24) is 5.32 Å². The largest absolute Gasteiger partial charge is 0.481 e. The molecule has 16 heavy (non-hydrogen) atoms. The molecule has 1 aliphatic heterocycles. The lowest BCUT2D eigenvalue weighted by Gasteiger charge is -2.37. The lowest BCUT2D eigenvalue weighted by atomic mass is 9.92. The van der Waals surface area contributed by atoms with Gasteiger partial charge in [-0.3, -0.25) is 4.79 Å². The van der Waals surface area contributed by atoms with E-state index >= 15 is 0 Å². The van der Waals surface area contributed by atoms with Gasteiger partial charge in [-0.05, 0) is 33.6 Å². The van der Waals surface area contributed by atoms with Crippen molar-refractivity contribution >= 4 is 5.97 Å². The molecule has 0 aliphatic carbocycles. The molecule has 0 radical (unpaired) electrons. The molecule has 3 atom stereocenters. The lowest BCUT2D eigenvalue weighted by molar-refractivity contribution is -0.142. The van der Waals surface area contributed by atoms with Crippen molar-refractivity contribution < 1.29 is 14.6 Å². The third-order valence-electron chi connectivity index (χ3n) is 3.34. The summed E-state index contributed by atoms with van der Waals surface area (Å²) in [6.45, 7) is 8.57. The first-order valence-electron chi connectivity index (χ1n) is 5.94. The summed E-state index contributed by atoms with van der Waals surface area (Å²) in [6, 6.07) is 0.358. The topological polar surface area (TPSA) is 58.6 Å². The Balaban J connectivity index is 2.45. The Labute approximate surface area is 97.4 Å². The molecule has 1 saturated heterocycles. The molecule has 4 nitrogen and oxygen atoms in total. The van der Waals surface area contributed by atoms with Crippen LogP contribution >= 0.6 is 0 Å². The lowest BCUT2D eigenvalue weighted by Crippen LogP contribution is -2.49. The second-order valence-corrected chi connectivity index (χ2v) is 5.38. The quantitative estimate of drug-likeness (QED) is 0.769. The summed E-state index contributed by atoms with van der Waals surface area (Å²) in [5.41, 5.74) is -0.0951. The van der Waals surface area contributed by atoms with E-state index in [0.717, 1.165) is 19.4 Å². The van der Waals surface area contributed by atoms with E-state index < -0.39 is 5.97 Å².